The lowest BCUT2D eigenvalue weighted by molar-refractivity contribution is -0.142. The lowest BCUT2D eigenvalue weighted by Crippen LogP contribution is -2.64. The maximum atomic E-state index is 13.8. The number of carboxylic acid groups (broad SMARTS) is 1. The number of ether oxygens (including phenoxy) is 1. The zero-order chi connectivity index (χ0) is 28.9. The molecule has 4 amide bonds. The molecule has 12 nitrogen and oxygen atoms in total. The van der Waals surface area contributed by atoms with Crippen LogP contribution >= 0.6 is 0 Å². The largest absolute Gasteiger partial charge is 0.480 e. The first kappa shape index (κ1) is 32.2. The summed E-state index contributed by atoms with van der Waals surface area (Å²) in [5.74, 6) is -4.32. The monoisotopic (exact) mass is 543 g/mol. The fourth-order valence-electron chi connectivity index (χ4n) is 3.04. The minimum absolute atomic E-state index is 0.137. The van der Waals surface area contributed by atoms with Gasteiger partial charge in [0.15, 0.2) is 5.54 Å². The molecular formula is C24H35F2N5O7. The second-order valence-electron chi connectivity index (χ2n) is 8.80. The van der Waals surface area contributed by atoms with Gasteiger partial charge in [0.2, 0.25) is 11.8 Å². The summed E-state index contributed by atoms with van der Waals surface area (Å²) in [4.78, 5) is 60.9. The van der Waals surface area contributed by atoms with Crippen molar-refractivity contribution in [3.05, 3.63) is 35.9 Å². The lowest BCUT2D eigenvalue weighted by atomic mass is 10.0. The van der Waals surface area contributed by atoms with Crippen molar-refractivity contribution in [1.29, 1.82) is 0 Å². The third-order valence-electron chi connectivity index (χ3n) is 5.54. The number of hydrogen-bond donors (Lipinski definition) is 6. The third kappa shape index (κ3) is 10.3. The van der Waals surface area contributed by atoms with Crippen LogP contribution in [0.25, 0.3) is 0 Å². The minimum Gasteiger partial charge on any atom is -0.480 e. The molecule has 4 atom stereocenters. The van der Waals surface area contributed by atoms with Gasteiger partial charge in [-0.1, -0.05) is 30.3 Å². The van der Waals surface area contributed by atoms with Crippen LogP contribution in [-0.4, -0.2) is 71.5 Å². The van der Waals surface area contributed by atoms with Crippen molar-refractivity contribution < 1.29 is 42.6 Å². The number of carbonyl (C=O) groups excluding carboxylic acids is 4. The Bertz CT molecular complexity index is 967. The standard InChI is InChI=1S/C24H35F2N5O7/c1-14(19(33)30-17(20(34)35)11-7-8-12-27)28-18(32)15(2)29-22(36)24(3,21(25)26)31-23(37)38-13-16-9-5-4-6-10-16/h4-6,9-10,14-15,17,21H,7-8,11-13,27H2,1-3H3,(H,28,32)(H,29,36)(H,30,33)(H,31,37)(H,34,35)/t14-,15-,17-,24?/m0/s1. The summed E-state index contributed by atoms with van der Waals surface area (Å²) in [5.41, 5.74) is 3.24. The molecule has 0 aliphatic rings. The number of benzene rings is 1. The molecule has 1 rings (SSSR count). The molecule has 0 saturated carbocycles. The van der Waals surface area contributed by atoms with E-state index in [0.717, 1.165) is 6.92 Å². The van der Waals surface area contributed by atoms with Crippen LogP contribution < -0.4 is 27.0 Å². The third-order valence-corrected chi connectivity index (χ3v) is 5.54. The van der Waals surface area contributed by atoms with Crippen LogP contribution in [-0.2, 0) is 30.5 Å². The Balaban J connectivity index is 2.69. The van der Waals surface area contributed by atoms with E-state index in [1.807, 2.05) is 5.32 Å². The Hall–Kier alpha value is -3.81. The molecule has 212 valence electrons. The first-order chi connectivity index (χ1) is 17.8. The van der Waals surface area contributed by atoms with Gasteiger partial charge in [0, 0.05) is 0 Å². The van der Waals surface area contributed by atoms with Crippen LogP contribution in [0, 0.1) is 0 Å². The summed E-state index contributed by atoms with van der Waals surface area (Å²) < 4.78 is 32.5. The summed E-state index contributed by atoms with van der Waals surface area (Å²) in [5, 5.41) is 17.8. The summed E-state index contributed by atoms with van der Waals surface area (Å²) >= 11 is 0. The van der Waals surface area contributed by atoms with E-state index in [9.17, 15) is 37.9 Å². The Labute approximate surface area is 219 Å². The SMILES string of the molecule is C[C@H](NC(=O)[C@H](C)NC(=O)C(C)(NC(=O)OCc1ccccc1)C(F)F)C(=O)N[C@@H](CCCCN)C(=O)O. The van der Waals surface area contributed by atoms with Gasteiger partial charge in [0.05, 0.1) is 0 Å². The Morgan fingerprint density at radius 1 is 0.974 bits per heavy atom. The van der Waals surface area contributed by atoms with Gasteiger partial charge in [-0.05, 0) is 52.1 Å². The number of nitrogens with two attached hydrogens (primary N) is 1. The predicted molar refractivity (Wildman–Crippen MR) is 132 cm³/mol. The highest BCUT2D eigenvalue weighted by molar-refractivity contribution is 5.95. The zero-order valence-electron chi connectivity index (χ0n) is 21.5. The Morgan fingerprint density at radius 3 is 2.11 bits per heavy atom. The van der Waals surface area contributed by atoms with E-state index in [1.165, 1.54) is 13.8 Å². The van der Waals surface area contributed by atoms with E-state index >= 15 is 0 Å². The average molecular weight is 544 g/mol. The molecule has 0 aromatic heterocycles. The smallest absolute Gasteiger partial charge is 0.408 e. The summed E-state index contributed by atoms with van der Waals surface area (Å²) in [6, 6.07) is 4.64. The fourth-order valence-corrected chi connectivity index (χ4v) is 3.04. The van der Waals surface area contributed by atoms with Gasteiger partial charge in [-0.3, -0.25) is 14.4 Å². The summed E-state index contributed by atoms with van der Waals surface area (Å²) in [6.07, 6.45) is -3.46. The summed E-state index contributed by atoms with van der Waals surface area (Å²) in [6.45, 7) is 3.39. The number of rotatable bonds is 15. The second kappa shape index (κ2) is 15.4. The molecule has 0 saturated heterocycles. The van der Waals surface area contributed by atoms with Crippen molar-refractivity contribution in [2.24, 2.45) is 5.73 Å². The number of amides is 4. The van der Waals surface area contributed by atoms with Crippen molar-refractivity contribution in [1.82, 2.24) is 21.3 Å². The highest BCUT2D eigenvalue weighted by atomic mass is 19.3. The first-order valence-corrected chi connectivity index (χ1v) is 11.9. The lowest BCUT2D eigenvalue weighted by Gasteiger charge is -2.29. The van der Waals surface area contributed by atoms with Gasteiger partial charge in [0.25, 0.3) is 12.3 Å². The molecule has 1 unspecified atom stereocenters. The molecule has 0 fully saturated rings. The number of alkyl halides is 2. The molecule has 0 radical (unpaired) electrons. The highest BCUT2D eigenvalue weighted by Crippen LogP contribution is 2.17. The molecule has 0 spiro atoms. The Morgan fingerprint density at radius 2 is 1.55 bits per heavy atom. The first-order valence-electron chi connectivity index (χ1n) is 11.9. The molecule has 7 N–H and O–H groups in total. The molecule has 14 heteroatoms. The number of alkyl carbamates (subject to hydrolysis) is 1. The summed E-state index contributed by atoms with van der Waals surface area (Å²) in [7, 11) is 0. The molecule has 0 aliphatic carbocycles. The number of nitrogens with one attached hydrogen (secondary N) is 4. The van der Waals surface area contributed by atoms with E-state index in [2.05, 4.69) is 16.0 Å². The molecule has 1 aromatic rings. The van der Waals surface area contributed by atoms with Gasteiger partial charge < -0.3 is 36.8 Å². The van der Waals surface area contributed by atoms with E-state index < -0.39 is 59.9 Å². The number of aliphatic carboxylic acids is 1. The normalized spacial score (nSPS) is 14.8. The van der Waals surface area contributed by atoms with Gasteiger partial charge in [-0.25, -0.2) is 18.4 Å². The van der Waals surface area contributed by atoms with Crippen molar-refractivity contribution in [3.63, 3.8) is 0 Å². The van der Waals surface area contributed by atoms with Crippen molar-refractivity contribution in [3.8, 4) is 0 Å². The quantitative estimate of drug-likeness (QED) is 0.174. The fraction of sp³-hybridized carbons (Fsp3) is 0.542. The molecule has 0 aliphatic heterocycles. The number of halogens is 2. The van der Waals surface area contributed by atoms with E-state index in [1.54, 1.807) is 30.3 Å². The number of hydrogen-bond acceptors (Lipinski definition) is 7. The van der Waals surface area contributed by atoms with Crippen molar-refractivity contribution >= 4 is 29.8 Å². The minimum atomic E-state index is -3.36. The zero-order valence-corrected chi connectivity index (χ0v) is 21.5. The van der Waals surface area contributed by atoms with Crippen molar-refractivity contribution in [2.75, 3.05) is 6.54 Å². The number of carboxylic acids is 1. The second-order valence-corrected chi connectivity index (χ2v) is 8.80. The van der Waals surface area contributed by atoms with Gasteiger partial charge in [-0.15, -0.1) is 0 Å². The molecule has 1 aromatic carbocycles. The van der Waals surface area contributed by atoms with Crippen molar-refractivity contribution in [2.45, 2.75) is 76.7 Å². The number of carbonyl (C=O) groups is 5. The topological polar surface area (TPSA) is 189 Å². The molecule has 0 bridgehead atoms. The van der Waals surface area contributed by atoms with Crippen LogP contribution in [0.1, 0.15) is 45.6 Å². The molecular weight excluding hydrogens is 508 g/mol. The van der Waals surface area contributed by atoms with E-state index in [0.29, 0.717) is 24.9 Å². The van der Waals surface area contributed by atoms with E-state index in [4.69, 9.17) is 10.5 Å². The number of unbranched alkanes of at least 4 members (excludes halogenated alkanes) is 1. The maximum absolute atomic E-state index is 13.8. The average Bonchev–Trinajstić information content (AvgIpc) is 2.86. The van der Waals surface area contributed by atoms with E-state index in [-0.39, 0.29) is 13.0 Å². The van der Waals surface area contributed by atoms with Crippen LogP contribution in [0.2, 0.25) is 0 Å². The maximum Gasteiger partial charge on any atom is 0.408 e. The predicted octanol–water partition coefficient (Wildman–Crippen LogP) is 0.644. The van der Waals surface area contributed by atoms with Crippen LogP contribution in [0.5, 0.6) is 0 Å². The Kier molecular flexibility index (Phi) is 13.1. The van der Waals surface area contributed by atoms with Crippen LogP contribution in [0.15, 0.2) is 30.3 Å². The van der Waals surface area contributed by atoms with Gasteiger partial charge >= 0.3 is 12.1 Å². The van der Waals surface area contributed by atoms with Crippen LogP contribution in [0.4, 0.5) is 13.6 Å². The molecule has 0 heterocycles. The van der Waals surface area contributed by atoms with Crippen LogP contribution in [0.3, 0.4) is 0 Å². The molecule has 38 heavy (non-hydrogen) atoms. The van der Waals surface area contributed by atoms with Gasteiger partial charge in [-0.2, -0.15) is 0 Å². The van der Waals surface area contributed by atoms with Gasteiger partial charge in [0.1, 0.15) is 24.7 Å². The highest BCUT2D eigenvalue weighted by Gasteiger charge is 2.45.